The van der Waals surface area contributed by atoms with Gasteiger partial charge in [-0.05, 0) is 36.6 Å². The molecule has 0 unspecified atom stereocenters. The molecule has 0 aliphatic carbocycles. The second kappa shape index (κ2) is 7.64. The second-order valence-electron chi connectivity index (χ2n) is 4.83. The molecule has 3 N–H and O–H groups in total. The molecule has 0 fully saturated rings. The van der Waals surface area contributed by atoms with Gasteiger partial charge in [-0.15, -0.1) is 0 Å². The van der Waals surface area contributed by atoms with Gasteiger partial charge in [0.1, 0.15) is 5.75 Å². The molecule has 0 spiro atoms. The highest BCUT2D eigenvalue weighted by atomic mass is 79.9. The van der Waals surface area contributed by atoms with Crippen molar-refractivity contribution in [3.63, 3.8) is 0 Å². The number of benzene rings is 1. The summed E-state index contributed by atoms with van der Waals surface area (Å²) >= 11 is 3.48. The van der Waals surface area contributed by atoms with Gasteiger partial charge in [-0.2, -0.15) is 0 Å². The van der Waals surface area contributed by atoms with Crippen molar-refractivity contribution in [3.8, 4) is 5.75 Å². The van der Waals surface area contributed by atoms with Gasteiger partial charge in [0, 0.05) is 17.6 Å². The average molecular weight is 343 g/mol. The molecule has 1 aromatic rings. The summed E-state index contributed by atoms with van der Waals surface area (Å²) in [6.45, 7) is 4.82. The van der Waals surface area contributed by atoms with E-state index in [2.05, 4.69) is 21.2 Å². The fraction of sp³-hybridized carbons (Fsp3) is 0.533. The van der Waals surface area contributed by atoms with Gasteiger partial charge in [-0.25, -0.2) is 0 Å². The summed E-state index contributed by atoms with van der Waals surface area (Å²) in [6.07, 6.45) is 1.48. The molecule has 0 saturated carbocycles. The van der Waals surface area contributed by atoms with E-state index >= 15 is 0 Å². The molecule has 0 heterocycles. The largest absolute Gasteiger partial charge is 0.497 e. The van der Waals surface area contributed by atoms with Crippen molar-refractivity contribution in [2.24, 2.45) is 11.1 Å². The number of hydrogen-bond donors (Lipinski definition) is 2. The van der Waals surface area contributed by atoms with Crippen molar-refractivity contribution in [1.29, 1.82) is 0 Å². The highest BCUT2D eigenvalue weighted by Gasteiger charge is 2.32. The van der Waals surface area contributed by atoms with E-state index in [1.807, 2.05) is 32.0 Å². The van der Waals surface area contributed by atoms with Crippen LogP contribution in [0.15, 0.2) is 22.7 Å². The third kappa shape index (κ3) is 3.73. The van der Waals surface area contributed by atoms with Gasteiger partial charge in [0.25, 0.3) is 0 Å². The minimum Gasteiger partial charge on any atom is -0.497 e. The third-order valence-electron chi connectivity index (χ3n) is 3.92. The normalized spacial score (nSPS) is 11.2. The lowest BCUT2D eigenvalue weighted by Gasteiger charge is -2.28. The van der Waals surface area contributed by atoms with Gasteiger partial charge in [-0.1, -0.05) is 29.8 Å². The Bertz CT molecular complexity index is 451. The second-order valence-corrected chi connectivity index (χ2v) is 5.69. The van der Waals surface area contributed by atoms with Crippen molar-refractivity contribution >= 4 is 21.8 Å². The van der Waals surface area contributed by atoms with E-state index in [1.54, 1.807) is 7.11 Å². The first-order valence-electron chi connectivity index (χ1n) is 6.83. The summed E-state index contributed by atoms with van der Waals surface area (Å²) in [7, 11) is 1.62. The molecule has 0 aliphatic heterocycles. The Hall–Kier alpha value is -1.07. The van der Waals surface area contributed by atoms with Gasteiger partial charge in [0.05, 0.1) is 12.5 Å². The molecule has 5 heteroatoms. The van der Waals surface area contributed by atoms with Gasteiger partial charge < -0.3 is 15.8 Å². The molecule has 0 radical (unpaired) electrons. The zero-order chi connectivity index (χ0) is 15.2. The maximum absolute atomic E-state index is 12.4. The zero-order valence-corrected chi connectivity index (χ0v) is 13.9. The Morgan fingerprint density at radius 1 is 1.40 bits per heavy atom. The van der Waals surface area contributed by atoms with E-state index in [0.717, 1.165) is 28.6 Å². The Morgan fingerprint density at radius 3 is 2.55 bits per heavy atom. The van der Waals surface area contributed by atoms with Crippen LogP contribution in [0.3, 0.4) is 0 Å². The molecule has 112 valence electrons. The molecular formula is C15H23BrN2O2. The Morgan fingerprint density at radius 2 is 2.05 bits per heavy atom. The summed E-state index contributed by atoms with van der Waals surface area (Å²) in [5.74, 6) is 0.785. The van der Waals surface area contributed by atoms with E-state index in [1.165, 1.54) is 0 Å². The van der Waals surface area contributed by atoms with Gasteiger partial charge in [-0.3, -0.25) is 4.79 Å². The first kappa shape index (κ1) is 17.0. The topological polar surface area (TPSA) is 64.4 Å². The highest BCUT2D eigenvalue weighted by molar-refractivity contribution is 9.10. The first-order chi connectivity index (χ1) is 9.52. The number of hydrogen-bond acceptors (Lipinski definition) is 3. The maximum Gasteiger partial charge on any atom is 0.227 e. The number of ether oxygens (including phenoxy) is 1. The van der Waals surface area contributed by atoms with Crippen LogP contribution in [0.25, 0.3) is 0 Å². The summed E-state index contributed by atoms with van der Waals surface area (Å²) in [6, 6.07) is 5.69. The molecule has 1 rings (SSSR count). The Balaban J connectivity index is 2.78. The fourth-order valence-electron chi connectivity index (χ4n) is 2.13. The maximum atomic E-state index is 12.4. The SMILES string of the molecule is CCC(CC)(CN)C(=O)NCc1cc(OC)ccc1Br. The lowest BCUT2D eigenvalue weighted by Crippen LogP contribution is -2.45. The van der Waals surface area contributed by atoms with E-state index in [0.29, 0.717) is 13.1 Å². The number of nitrogens with one attached hydrogen (secondary N) is 1. The summed E-state index contributed by atoms with van der Waals surface area (Å²) < 4.78 is 6.14. The van der Waals surface area contributed by atoms with Crippen LogP contribution in [0.1, 0.15) is 32.3 Å². The molecule has 20 heavy (non-hydrogen) atoms. The number of methoxy groups -OCH3 is 1. The zero-order valence-electron chi connectivity index (χ0n) is 12.3. The van der Waals surface area contributed by atoms with Crippen LogP contribution >= 0.6 is 15.9 Å². The third-order valence-corrected chi connectivity index (χ3v) is 4.69. The van der Waals surface area contributed by atoms with Crippen LogP contribution in [0.4, 0.5) is 0 Å². The number of nitrogens with two attached hydrogens (primary N) is 1. The van der Waals surface area contributed by atoms with Crippen molar-refractivity contribution in [3.05, 3.63) is 28.2 Å². The fourth-order valence-corrected chi connectivity index (χ4v) is 2.52. The molecule has 4 nitrogen and oxygen atoms in total. The standard InChI is InChI=1S/C15H23BrN2O2/c1-4-15(5-2,10-17)14(19)18-9-11-8-12(20-3)6-7-13(11)16/h6-8H,4-5,9-10,17H2,1-3H3,(H,18,19). The Kier molecular flexibility index (Phi) is 6.49. The van der Waals surface area contributed by atoms with Crippen molar-refractivity contribution in [2.45, 2.75) is 33.2 Å². The number of amides is 1. The van der Waals surface area contributed by atoms with Gasteiger partial charge >= 0.3 is 0 Å². The molecule has 0 aromatic heterocycles. The smallest absolute Gasteiger partial charge is 0.227 e. The van der Waals surface area contributed by atoms with Crippen LogP contribution in [-0.4, -0.2) is 19.6 Å². The van der Waals surface area contributed by atoms with E-state index in [-0.39, 0.29) is 5.91 Å². The molecular weight excluding hydrogens is 320 g/mol. The van der Waals surface area contributed by atoms with Crippen LogP contribution in [0.5, 0.6) is 5.75 Å². The molecule has 0 aliphatic rings. The summed E-state index contributed by atoms with van der Waals surface area (Å²) in [4.78, 5) is 12.4. The van der Waals surface area contributed by atoms with Crippen molar-refractivity contribution in [2.75, 3.05) is 13.7 Å². The number of carbonyl (C=O) groups excluding carboxylic acids is 1. The Labute approximate surface area is 129 Å². The number of halogens is 1. The lowest BCUT2D eigenvalue weighted by atomic mass is 9.81. The quantitative estimate of drug-likeness (QED) is 0.800. The minimum atomic E-state index is -0.467. The van der Waals surface area contributed by atoms with E-state index < -0.39 is 5.41 Å². The monoisotopic (exact) mass is 342 g/mol. The summed E-state index contributed by atoms with van der Waals surface area (Å²) in [5.41, 5.74) is 6.30. The molecule has 0 bridgehead atoms. The van der Waals surface area contributed by atoms with Crippen LogP contribution < -0.4 is 15.8 Å². The van der Waals surface area contributed by atoms with Crippen LogP contribution in [0.2, 0.25) is 0 Å². The van der Waals surface area contributed by atoms with Crippen molar-refractivity contribution < 1.29 is 9.53 Å². The van der Waals surface area contributed by atoms with Crippen LogP contribution in [-0.2, 0) is 11.3 Å². The predicted molar refractivity (Wildman–Crippen MR) is 84.6 cm³/mol. The average Bonchev–Trinajstić information content (AvgIpc) is 2.48. The number of rotatable bonds is 7. The molecule has 0 saturated heterocycles. The van der Waals surface area contributed by atoms with Gasteiger partial charge in [0.2, 0.25) is 5.91 Å². The predicted octanol–water partition coefficient (Wildman–Crippen LogP) is 2.84. The van der Waals surface area contributed by atoms with Crippen LogP contribution in [0, 0.1) is 5.41 Å². The lowest BCUT2D eigenvalue weighted by molar-refractivity contribution is -0.131. The molecule has 1 amide bonds. The van der Waals surface area contributed by atoms with Crippen molar-refractivity contribution in [1.82, 2.24) is 5.32 Å². The molecule has 1 aromatic carbocycles. The molecule has 0 atom stereocenters. The van der Waals surface area contributed by atoms with E-state index in [4.69, 9.17) is 10.5 Å². The van der Waals surface area contributed by atoms with Gasteiger partial charge in [0.15, 0.2) is 0 Å². The van der Waals surface area contributed by atoms with E-state index in [9.17, 15) is 4.79 Å². The minimum absolute atomic E-state index is 0.0136. The summed E-state index contributed by atoms with van der Waals surface area (Å²) in [5, 5.41) is 2.98. The first-order valence-corrected chi connectivity index (χ1v) is 7.63. The highest BCUT2D eigenvalue weighted by Crippen LogP contribution is 2.26. The number of carbonyl (C=O) groups is 1.